The Kier molecular flexibility index (Phi) is 3.74. The maximum atomic E-state index is 3.57. The van der Waals surface area contributed by atoms with E-state index in [0.29, 0.717) is 12.1 Å². The number of piperazine rings is 1. The quantitative estimate of drug-likeness (QED) is 0.911. The summed E-state index contributed by atoms with van der Waals surface area (Å²) in [7, 11) is 2.11. The van der Waals surface area contributed by atoms with E-state index in [-0.39, 0.29) is 0 Å². The van der Waals surface area contributed by atoms with Gasteiger partial charge in [-0.25, -0.2) is 0 Å². The topological polar surface area (TPSA) is 18.5 Å². The van der Waals surface area contributed by atoms with Gasteiger partial charge in [0, 0.05) is 44.8 Å². The number of nitrogens with one attached hydrogen (secondary N) is 1. The van der Waals surface area contributed by atoms with Gasteiger partial charge in [-0.1, -0.05) is 24.3 Å². The molecular formula is C18H27N3. The Balaban J connectivity index is 1.41. The summed E-state index contributed by atoms with van der Waals surface area (Å²) in [5, 5.41) is 3.57. The van der Waals surface area contributed by atoms with Crippen molar-refractivity contribution in [3.63, 3.8) is 0 Å². The largest absolute Gasteiger partial charge is 0.312 e. The molecular weight excluding hydrogens is 258 g/mol. The van der Waals surface area contributed by atoms with Gasteiger partial charge in [0.2, 0.25) is 0 Å². The van der Waals surface area contributed by atoms with E-state index in [1.807, 2.05) is 0 Å². The van der Waals surface area contributed by atoms with Crippen LogP contribution in [0.2, 0.25) is 0 Å². The molecule has 3 nitrogen and oxygen atoms in total. The first-order valence-corrected chi connectivity index (χ1v) is 8.56. The molecule has 2 aliphatic carbocycles. The standard InChI is InChI=1S/C18H27N3/c1-19-18-16-5-3-2-4-15(16)12-17(18)21-10-8-20(9-11-21)13-14-6-7-14/h2-5,14,17-19H,6-13H2,1H3. The third-order valence-corrected chi connectivity index (χ3v) is 5.60. The van der Waals surface area contributed by atoms with Crippen molar-refractivity contribution < 1.29 is 0 Å². The van der Waals surface area contributed by atoms with Crippen LogP contribution in [-0.2, 0) is 6.42 Å². The summed E-state index contributed by atoms with van der Waals surface area (Å²) in [5.41, 5.74) is 3.06. The number of likely N-dealkylation sites (N-methyl/N-ethyl adjacent to an activating group) is 1. The number of rotatable bonds is 4. The summed E-state index contributed by atoms with van der Waals surface area (Å²) in [6.07, 6.45) is 4.16. The van der Waals surface area contributed by atoms with Crippen molar-refractivity contribution in [1.29, 1.82) is 0 Å². The first-order chi connectivity index (χ1) is 10.3. The molecule has 0 aromatic heterocycles. The van der Waals surface area contributed by atoms with Crippen LogP contribution in [0.25, 0.3) is 0 Å². The second kappa shape index (κ2) is 5.71. The van der Waals surface area contributed by atoms with Crippen LogP contribution in [0.1, 0.15) is 30.0 Å². The molecule has 1 saturated heterocycles. The molecule has 0 radical (unpaired) electrons. The number of hydrogen-bond acceptors (Lipinski definition) is 3. The molecule has 0 spiro atoms. The molecule has 1 aromatic rings. The van der Waals surface area contributed by atoms with Gasteiger partial charge >= 0.3 is 0 Å². The molecule has 0 amide bonds. The van der Waals surface area contributed by atoms with Crippen molar-refractivity contribution in [3.05, 3.63) is 35.4 Å². The summed E-state index contributed by atoms with van der Waals surface area (Å²) >= 11 is 0. The van der Waals surface area contributed by atoms with Crippen LogP contribution in [0.4, 0.5) is 0 Å². The van der Waals surface area contributed by atoms with Crippen LogP contribution < -0.4 is 5.32 Å². The SMILES string of the molecule is CNC1c2ccccc2CC1N1CCN(CC2CC2)CC1. The Morgan fingerprint density at radius 2 is 1.86 bits per heavy atom. The zero-order valence-corrected chi connectivity index (χ0v) is 13.1. The van der Waals surface area contributed by atoms with E-state index in [0.717, 1.165) is 5.92 Å². The van der Waals surface area contributed by atoms with Crippen LogP contribution in [0.3, 0.4) is 0 Å². The minimum absolute atomic E-state index is 0.510. The Morgan fingerprint density at radius 3 is 2.57 bits per heavy atom. The number of nitrogens with zero attached hydrogens (tertiary/aromatic N) is 2. The Bertz CT molecular complexity index is 489. The first kappa shape index (κ1) is 13.7. The van der Waals surface area contributed by atoms with Crippen molar-refractivity contribution in [2.75, 3.05) is 39.8 Å². The fourth-order valence-electron chi connectivity index (χ4n) is 4.20. The van der Waals surface area contributed by atoms with Crippen molar-refractivity contribution in [1.82, 2.24) is 15.1 Å². The number of hydrogen-bond donors (Lipinski definition) is 1. The normalized spacial score (nSPS) is 30.5. The van der Waals surface area contributed by atoms with Gasteiger partial charge in [0.1, 0.15) is 0 Å². The molecule has 3 heteroatoms. The number of benzene rings is 1. The molecule has 21 heavy (non-hydrogen) atoms. The van der Waals surface area contributed by atoms with E-state index in [1.165, 1.54) is 57.5 Å². The van der Waals surface area contributed by atoms with Crippen LogP contribution in [0, 0.1) is 5.92 Å². The predicted octanol–water partition coefficient (Wildman–Crippen LogP) is 1.90. The zero-order chi connectivity index (χ0) is 14.2. The van der Waals surface area contributed by atoms with Gasteiger partial charge < -0.3 is 10.2 Å². The highest BCUT2D eigenvalue weighted by molar-refractivity contribution is 5.37. The molecule has 3 aliphatic rings. The second-order valence-electron chi connectivity index (χ2n) is 7.02. The molecule has 1 N–H and O–H groups in total. The minimum atomic E-state index is 0.510. The Labute approximate surface area is 128 Å². The van der Waals surface area contributed by atoms with E-state index in [1.54, 1.807) is 5.56 Å². The maximum absolute atomic E-state index is 3.57. The average Bonchev–Trinajstić information content (AvgIpc) is 3.26. The first-order valence-electron chi connectivity index (χ1n) is 8.56. The Morgan fingerprint density at radius 1 is 1.10 bits per heavy atom. The van der Waals surface area contributed by atoms with Gasteiger partial charge in [-0.3, -0.25) is 4.90 Å². The third-order valence-electron chi connectivity index (χ3n) is 5.60. The van der Waals surface area contributed by atoms with Gasteiger partial charge in [0.15, 0.2) is 0 Å². The zero-order valence-electron chi connectivity index (χ0n) is 13.1. The lowest BCUT2D eigenvalue weighted by Crippen LogP contribution is -2.53. The smallest absolute Gasteiger partial charge is 0.0481 e. The van der Waals surface area contributed by atoms with E-state index in [9.17, 15) is 0 Å². The monoisotopic (exact) mass is 285 g/mol. The van der Waals surface area contributed by atoms with E-state index in [2.05, 4.69) is 46.4 Å². The maximum Gasteiger partial charge on any atom is 0.0481 e. The van der Waals surface area contributed by atoms with Crippen LogP contribution in [0.5, 0.6) is 0 Å². The van der Waals surface area contributed by atoms with Gasteiger partial charge in [-0.05, 0) is 43.4 Å². The van der Waals surface area contributed by atoms with E-state index >= 15 is 0 Å². The lowest BCUT2D eigenvalue weighted by atomic mass is 10.1. The molecule has 2 unspecified atom stereocenters. The van der Waals surface area contributed by atoms with Crippen molar-refractivity contribution >= 4 is 0 Å². The van der Waals surface area contributed by atoms with Crippen LogP contribution in [-0.4, -0.2) is 55.6 Å². The highest BCUT2D eigenvalue weighted by atomic mass is 15.3. The second-order valence-corrected chi connectivity index (χ2v) is 7.02. The molecule has 2 atom stereocenters. The summed E-state index contributed by atoms with van der Waals surface area (Å²) in [6, 6.07) is 10.1. The summed E-state index contributed by atoms with van der Waals surface area (Å²) in [5.74, 6) is 1.03. The third kappa shape index (κ3) is 2.75. The van der Waals surface area contributed by atoms with Gasteiger partial charge in [-0.15, -0.1) is 0 Å². The molecule has 114 valence electrons. The minimum Gasteiger partial charge on any atom is -0.312 e. The predicted molar refractivity (Wildman–Crippen MR) is 86.5 cm³/mol. The summed E-state index contributed by atoms with van der Waals surface area (Å²) in [6.45, 7) is 6.36. The molecule has 4 rings (SSSR count). The van der Waals surface area contributed by atoms with E-state index in [4.69, 9.17) is 0 Å². The average molecular weight is 285 g/mol. The number of fused-ring (bicyclic) bond motifs is 1. The molecule has 1 saturated carbocycles. The highest BCUT2D eigenvalue weighted by Gasteiger charge is 2.36. The van der Waals surface area contributed by atoms with Gasteiger partial charge in [0.25, 0.3) is 0 Å². The Hall–Kier alpha value is -0.900. The van der Waals surface area contributed by atoms with Gasteiger partial charge in [-0.2, -0.15) is 0 Å². The molecule has 0 bridgehead atoms. The van der Waals surface area contributed by atoms with E-state index < -0.39 is 0 Å². The van der Waals surface area contributed by atoms with Gasteiger partial charge in [0.05, 0.1) is 0 Å². The fraction of sp³-hybridized carbons (Fsp3) is 0.667. The highest BCUT2D eigenvalue weighted by Crippen LogP contribution is 2.35. The molecule has 1 aliphatic heterocycles. The summed E-state index contributed by atoms with van der Waals surface area (Å²) in [4.78, 5) is 5.41. The van der Waals surface area contributed by atoms with Crippen LogP contribution in [0.15, 0.2) is 24.3 Å². The fourth-order valence-corrected chi connectivity index (χ4v) is 4.20. The lowest BCUT2D eigenvalue weighted by Gasteiger charge is -2.40. The summed E-state index contributed by atoms with van der Waals surface area (Å²) < 4.78 is 0. The molecule has 1 aromatic carbocycles. The van der Waals surface area contributed by atoms with Crippen molar-refractivity contribution in [3.8, 4) is 0 Å². The van der Waals surface area contributed by atoms with Crippen molar-refractivity contribution in [2.24, 2.45) is 5.92 Å². The van der Waals surface area contributed by atoms with Crippen molar-refractivity contribution in [2.45, 2.75) is 31.3 Å². The van der Waals surface area contributed by atoms with Crippen LogP contribution >= 0.6 is 0 Å². The molecule has 1 heterocycles. The molecule has 2 fully saturated rings. The lowest BCUT2D eigenvalue weighted by molar-refractivity contribution is 0.0823.